The first-order valence-electron chi connectivity index (χ1n) is 6.32. The number of rotatable bonds is 6. The molecule has 1 aromatic heterocycles. The van der Waals surface area contributed by atoms with Crippen LogP contribution in [0.2, 0.25) is 0 Å². The van der Waals surface area contributed by atoms with Gasteiger partial charge in [0.15, 0.2) is 11.8 Å². The van der Waals surface area contributed by atoms with Gasteiger partial charge in [-0.05, 0) is 17.7 Å². The highest BCUT2D eigenvalue weighted by molar-refractivity contribution is 5.89. The highest BCUT2D eigenvalue weighted by Gasteiger charge is 2.22. The Balaban J connectivity index is 2.24. The Bertz CT molecular complexity index is 867. The van der Waals surface area contributed by atoms with Gasteiger partial charge in [-0.25, -0.2) is 20.2 Å². The maximum Gasteiger partial charge on any atom is 0.342 e. The maximum absolute atomic E-state index is 12.2. The monoisotopic (exact) mass is 317 g/mol. The molecule has 0 fully saturated rings. The normalized spacial score (nSPS) is 11.7. The molecule has 0 bridgehead atoms. The van der Waals surface area contributed by atoms with Crippen molar-refractivity contribution in [2.24, 2.45) is 5.11 Å². The smallest absolute Gasteiger partial charge is 0.342 e. The Labute approximate surface area is 127 Å². The fourth-order valence-corrected chi connectivity index (χ4v) is 1.89. The van der Waals surface area contributed by atoms with Crippen LogP contribution in [0, 0.1) is 5.53 Å². The van der Waals surface area contributed by atoms with Gasteiger partial charge in [0.05, 0.1) is 12.0 Å². The molecule has 1 heterocycles. The van der Waals surface area contributed by atoms with Crippen molar-refractivity contribution in [3.05, 3.63) is 61.9 Å². The zero-order chi connectivity index (χ0) is 17.0. The Morgan fingerprint density at radius 3 is 2.43 bits per heavy atom. The van der Waals surface area contributed by atoms with Crippen LogP contribution in [0.3, 0.4) is 0 Å². The molecule has 10 heteroatoms. The summed E-state index contributed by atoms with van der Waals surface area (Å²) in [5, 5.41) is 17.5. The summed E-state index contributed by atoms with van der Waals surface area (Å²) in [4.78, 5) is 47.3. The predicted molar refractivity (Wildman–Crippen MR) is 75.5 cm³/mol. The number of nitrogens with zero attached hydrogens (tertiary/aromatic N) is 2. The van der Waals surface area contributed by atoms with E-state index in [2.05, 4.69) is 10.2 Å². The number of H-pyrrole nitrogens is 2. The second-order valence-electron chi connectivity index (χ2n) is 4.56. The van der Waals surface area contributed by atoms with Crippen LogP contribution in [0.1, 0.15) is 27.7 Å². The van der Waals surface area contributed by atoms with Crippen molar-refractivity contribution in [3.63, 3.8) is 0 Å². The van der Waals surface area contributed by atoms with Gasteiger partial charge in [0.2, 0.25) is 0 Å². The van der Waals surface area contributed by atoms with Crippen LogP contribution in [0.25, 0.3) is 0 Å². The number of Topliss-reactive ketones (excluding diaryl/α,β-unsaturated/α-hetero) is 1. The van der Waals surface area contributed by atoms with E-state index in [-0.39, 0.29) is 11.3 Å². The molecule has 0 radical (unpaired) electrons. The molecule has 4 N–H and O–H groups in total. The summed E-state index contributed by atoms with van der Waals surface area (Å²) < 4.78 is 0. The lowest BCUT2D eigenvalue weighted by Gasteiger charge is -2.09. The standard InChI is InChI=1S/C13H11N5O5/c14-16-10(6-1-3-7(4-2-6)12(21)22)9(19)5-8-11(20)15-13(23)18-17-8/h1-4,10,14H,5H2,(H,21,22)(H2,15,18,20,23). The van der Waals surface area contributed by atoms with Crippen LogP contribution < -0.4 is 11.2 Å². The van der Waals surface area contributed by atoms with E-state index in [1.54, 1.807) is 0 Å². The van der Waals surface area contributed by atoms with Crippen molar-refractivity contribution in [1.82, 2.24) is 15.2 Å². The van der Waals surface area contributed by atoms with E-state index in [0.717, 1.165) is 0 Å². The van der Waals surface area contributed by atoms with Crippen molar-refractivity contribution in [1.29, 1.82) is 5.53 Å². The molecule has 1 atom stereocenters. The fraction of sp³-hybridized carbons (Fsp3) is 0.154. The molecule has 1 aromatic carbocycles. The minimum atomic E-state index is -1.19. The SMILES string of the molecule is N=NC(C(=O)Cc1n[nH]c(=O)[nH]c1=O)c1ccc(C(=O)O)cc1. The van der Waals surface area contributed by atoms with Gasteiger partial charge < -0.3 is 5.11 Å². The minimum absolute atomic E-state index is 0.0312. The fourth-order valence-electron chi connectivity index (χ4n) is 1.89. The van der Waals surface area contributed by atoms with Crippen LogP contribution in [0.4, 0.5) is 0 Å². The molecule has 0 aliphatic rings. The van der Waals surface area contributed by atoms with Gasteiger partial charge in [-0.1, -0.05) is 12.1 Å². The number of carbonyl (C=O) groups excluding carboxylic acids is 1. The van der Waals surface area contributed by atoms with E-state index in [0.29, 0.717) is 5.56 Å². The summed E-state index contributed by atoms with van der Waals surface area (Å²) in [6, 6.07) is 4.12. The molecule has 2 aromatic rings. The van der Waals surface area contributed by atoms with Crippen molar-refractivity contribution >= 4 is 11.8 Å². The molecule has 0 saturated heterocycles. The molecule has 0 aliphatic carbocycles. The number of aromatic nitrogens is 3. The van der Waals surface area contributed by atoms with Crippen LogP contribution in [-0.2, 0) is 11.2 Å². The minimum Gasteiger partial charge on any atom is -0.478 e. The number of carbonyl (C=O) groups is 2. The Kier molecular flexibility index (Phi) is 4.55. The number of aromatic carboxylic acids is 1. The van der Waals surface area contributed by atoms with Gasteiger partial charge in [-0.15, -0.1) is 0 Å². The maximum atomic E-state index is 12.2. The first-order chi connectivity index (χ1) is 10.9. The third kappa shape index (κ3) is 3.61. The third-order valence-electron chi connectivity index (χ3n) is 3.03. The summed E-state index contributed by atoms with van der Waals surface area (Å²) in [5.74, 6) is -1.71. The molecule has 118 valence electrons. The Morgan fingerprint density at radius 1 is 1.26 bits per heavy atom. The highest BCUT2D eigenvalue weighted by atomic mass is 16.4. The molecule has 0 saturated carbocycles. The predicted octanol–water partition coefficient (Wildman–Crippen LogP) is 0.0403. The quantitative estimate of drug-likeness (QED) is 0.548. The third-order valence-corrected chi connectivity index (χ3v) is 3.03. The van der Waals surface area contributed by atoms with Gasteiger partial charge in [-0.3, -0.25) is 14.6 Å². The largest absolute Gasteiger partial charge is 0.478 e. The molecule has 23 heavy (non-hydrogen) atoms. The van der Waals surface area contributed by atoms with Gasteiger partial charge in [-0.2, -0.15) is 10.2 Å². The Hall–Kier alpha value is -3.43. The molecular weight excluding hydrogens is 306 g/mol. The van der Waals surface area contributed by atoms with Crippen molar-refractivity contribution < 1.29 is 14.7 Å². The number of hydrogen-bond donors (Lipinski definition) is 4. The summed E-state index contributed by atoms with van der Waals surface area (Å²) in [5.41, 5.74) is 5.69. The van der Waals surface area contributed by atoms with E-state index >= 15 is 0 Å². The summed E-state index contributed by atoms with van der Waals surface area (Å²) >= 11 is 0. The molecular formula is C13H11N5O5. The number of carboxylic acid groups (broad SMARTS) is 1. The second kappa shape index (κ2) is 6.56. The van der Waals surface area contributed by atoms with Gasteiger partial charge >= 0.3 is 11.7 Å². The number of nitrogens with one attached hydrogen (secondary N) is 3. The summed E-state index contributed by atoms with van der Waals surface area (Å²) in [6.07, 6.45) is -0.431. The van der Waals surface area contributed by atoms with E-state index in [4.69, 9.17) is 10.6 Å². The summed E-state index contributed by atoms with van der Waals surface area (Å²) in [6.45, 7) is 0. The average Bonchev–Trinajstić information content (AvgIpc) is 2.51. The second-order valence-corrected chi connectivity index (χ2v) is 4.56. The van der Waals surface area contributed by atoms with Crippen LogP contribution in [0.15, 0.2) is 39.0 Å². The summed E-state index contributed by atoms with van der Waals surface area (Å²) in [7, 11) is 0. The number of benzene rings is 1. The van der Waals surface area contributed by atoms with Crippen LogP contribution in [0.5, 0.6) is 0 Å². The first kappa shape index (κ1) is 15.9. The van der Waals surface area contributed by atoms with Gasteiger partial charge in [0.25, 0.3) is 5.56 Å². The van der Waals surface area contributed by atoms with E-state index in [9.17, 15) is 19.2 Å². The molecule has 1 unspecified atom stereocenters. The zero-order valence-corrected chi connectivity index (χ0v) is 11.6. The number of hydrogen-bond acceptors (Lipinski definition) is 7. The lowest BCUT2D eigenvalue weighted by Crippen LogP contribution is -2.29. The molecule has 2 rings (SSSR count). The lowest BCUT2D eigenvalue weighted by molar-refractivity contribution is -0.120. The van der Waals surface area contributed by atoms with Crippen LogP contribution >= 0.6 is 0 Å². The first-order valence-corrected chi connectivity index (χ1v) is 6.32. The van der Waals surface area contributed by atoms with Gasteiger partial charge in [0, 0.05) is 0 Å². The van der Waals surface area contributed by atoms with E-state index in [1.165, 1.54) is 24.3 Å². The number of ketones is 1. The molecule has 0 spiro atoms. The molecule has 0 aliphatic heterocycles. The van der Waals surface area contributed by atoms with E-state index < -0.39 is 35.5 Å². The van der Waals surface area contributed by atoms with Crippen molar-refractivity contribution in [2.75, 3.05) is 0 Å². The number of aromatic amines is 2. The zero-order valence-electron chi connectivity index (χ0n) is 11.6. The molecule has 10 nitrogen and oxygen atoms in total. The van der Waals surface area contributed by atoms with Crippen molar-refractivity contribution in [3.8, 4) is 0 Å². The average molecular weight is 317 g/mol. The highest BCUT2D eigenvalue weighted by Crippen LogP contribution is 2.20. The molecule has 0 amide bonds. The van der Waals surface area contributed by atoms with Crippen LogP contribution in [-0.4, -0.2) is 32.0 Å². The lowest BCUT2D eigenvalue weighted by atomic mass is 9.99. The van der Waals surface area contributed by atoms with E-state index in [1.807, 2.05) is 10.1 Å². The Morgan fingerprint density at radius 2 is 1.91 bits per heavy atom. The number of carboxylic acids is 1. The van der Waals surface area contributed by atoms with Gasteiger partial charge in [0.1, 0.15) is 5.69 Å². The topological polar surface area (TPSA) is 169 Å². The van der Waals surface area contributed by atoms with Crippen molar-refractivity contribution in [2.45, 2.75) is 12.5 Å².